The standard InChI is InChI=1S/C23H29ClN4O2/c1-16-22(24)20(27-26-16)15-28(2)23(30)19-10-8-17(9-11-19)12-13-25-14-21(29)18-6-4-3-5-7-18/h3-11,16,21-22,25-26,29H,12-15H2,1-2H3/t16?,21-,22?/m0/s1. The number of benzene rings is 2. The molecule has 2 unspecified atom stereocenters. The summed E-state index contributed by atoms with van der Waals surface area (Å²) >= 11 is 6.31. The van der Waals surface area contributed by atoms with Crippen LogP contribution in [0.4, 0.5) is 0 Å². The van der Waals surface area contributed by atoms with E-state index in [0.717, 1.165) is 29.8 Å². The number of amides is 1. The molecular weight excluding hydrogens is 400 g/mol. The lowest BCUT2D eigenvalue weighted by Gasteiger charge is -2.19. The fraction of sp³-hybridized carbons (Fsp3) is 0.391. The van der Waals surface area contributed by atoms with Crippen LogP contribution in [-0.2, 0) is 6.42 Å². The number of halogens is 1. The van der Waals surface area contributed by atoms with Gasteiger partial charge in [-0.3, -0.25) is 4.79 Å². The van der Waals surface area contributed by atoms with Gasteiger partial charge in [0.05, 0.1) is 29.8 Å². The van der Waals surface area contributed by atoms with Gasteiger partial charge in [-0.15, -0.1) is 11.6 Å². The normalized spacial score (nSPS) is 19.1. The molecule has 1 heterocycles. The second-order valence-corrected chi connectivity index (χ2v) is 8.13. The Balaban J connectivity index is 1.43. The van der Waals surface area contributed by atoms with E-state index < -0.39 is 6.10 Å². The molecule has 0 spiro atoms. The maximum atomic E-state index is 12.7. The van der Waals surface area contributed by atoms with Crippen molar-refractivity contribution in [2.24, 2.45) is 5.10 Å². The number of nitrogens with one attached hydrogen (secondary N) is 2. The maximum absolute atomic E-state index is 12.7. The molecule has 0 fully saturated rings. The van der Waals surface area contributed by atoms with E-state index in [4.69, 9.17) is 11.6 Å². The number of carbonyl (C=O) groups excluding carboxylic acids is 1. The molecule has 0 aliphatic carbocycles. The summed E-state index contributed by atoms with van der Waals surface area (Å²) in [4.78, 5) is 14.3. The van der Waals surface area contributed by atoms with Gasteiger partial charge in [0, 0.05) is 19.2 Å². The molecule has 3 N–H and O–H groups in total. The molecule has 1 aliphatic heterocycles. The Morgan fingerprint density at radius 1 is 1.23 bits per heavy atom. The van der Waals surface area contributed by atoms with Crippen molar-refractivity contribution in [2.75, 3.05) is 26.7 Å². The van der Waals surface area contributed by atoms with Gasteiger partial charge in [0.15, 0.2) is 0 Å². The van der Waals surface area contributed by atoms with Crippen LogP contribution >= 0.6 is 11.6 Å². The molecule has 0 saturated heterocycles. The number of nitrogens with zero attached hydrogens (tertiary/aromatic N) is 2. The van der Waals surface area contributed by atoms with Gasteiger partial charge < -0.3 is 20.7 Å². The summed E-state index contributed by atoms with van der Waals surface area (Å²) in [5.41, 5.74) is 6.41. The average Bonchev–Trinajstić information content (AvgIpc) is 3.09. The molecule has 6 nitrogen and oxygen atoms in total. The zero-order valence-electron chi connectivity index (χ0n) is 17.4. The zero-order valence-corrected chi connectivity index (χ0v) is 18.1. The quantitative estimate of drug-likeness (QED) is 0.424. The summed E-state index contributed by atoms with van der Waals surface area (Å²) in [6.45, 7) is 3.62. The number of alkyl halides is 1. The first-order valence-corrected chi connectivity index (χ1v) is 10.6. The van der Waals surface area contributed by atoms with Gasteiger partial charge in [0.25, 0.3) is 5.91 Å². The van der Waals surface area contributed by atoms with E-state index in [-0.39, 0.29) is 17.3 Å². The summed E-state index contributed by atoms with van der Waals surface area (Å²) in [7, 11) is 1.76. The van der Waals surface area contributed by atoms with Crippen LogP contribution in [0.15, 0.2) is 59.7 Å². The Kier molecular flexibility index (Phi) is 7.85. The monoisotopic (exact) mass is 428 g/mol. The molecular formula is C23H29ClN4O2. The molecule has 0 saturated carbocycles. The molecule has 0 radical (unpaired) electrons. The molecule has 1 amide bonds. The molecule has 7 heteroatoms. The van der Waals surface area contributed by atoms with Crippen LogP contribution in [0.25, 0.3) is 0 Å². The van der Waals surface area contributed by atoms with Gasteiger partial charge in [-0.2, -0.15) is 5.10 Å². The van der Waals surface area contributed by atoms with E-state index in [1.165, 1.54) is 0 Å². The third kappa shape index (κ3) is 5.81. The van der Waals surface area contributed by atoms with Crippen molar-refractivity contribution in [2.45, 2.75) is 30.9 Å². The molecule has 0 bridgehead atoms. The second-order valence-electron chi connectivity index (χ2n) is 7.66. The Hall–Kier alpha value is -2.41. The van der Waals surface area contributed by atoms with Crippen molar-refractivity contribution in [3.05, 3.63) is 71.3 Å². The van der Waals surface area contributed by atoms with Crippen molar-refractivity contribution in [1.82, 2.24) is 15.6 Å². The van der Waals surface area contributed by atoms with Crippen LogP contribution < -0.4 is 10.7 Å². The Bertz CT molecular complexity index is 857. The Morgan fingerprint density at radius 3 is 2.57 bits per heavy atom. The third-order valence-corrected chi connectivity index (χ3v) is 5.86. The lowest BCUT2D eigenvalue weighted by molar-refractivity contribution is 0.0814. The van der Waals surface area contributed by atoms with Gasteiger partial charge in [0.1, 0.15) is 0 Å². The fourth-order valence-electron chi connectivity index (χ4n) is 3.34. The minimum atomic E-state index is -0.517. The van der Waals surface area contributed by atoms with E-state index >= 15 is 0 Å². The smallest absolute Gasteiger partial charge is 0.253 e. The molecule has 0 aromatic heterocycles. The van der Waals surface area contributed by atoms with Gasteiger partial charge in [-0.25, -0.2) is 0 Å². The minimum absolute atomic E-state index is 0.0585. The van der Waals surface area contributed by atoms with Crippen molar-refractivity contribution in [3.63, 3.8) is 0 Å². The second kappa shape index (κ2) is 10.6. The van der Waals surface area contributed by atoms with Crippen molar-refractivity contribution in [1.29, 1.82) is 0 Å². The highest BCUT2D eigenvalue weighted by atomic mass is 35.5. The van der Waals surface area contributed by atoms with Crippen molar-refractivity contribution < 1.29 is 9.90 Å². The van der Waals surface area contributed by atoms with Crippen LogP contribution in [0.1, 0.15) is 34.5 Å². The molecule has 30 heavy (non-hydrogen) atoms. The van der Waals surface area contributed by atoms with E-state index in [1.807, 2.05) is 61.5 Å². The highest BCUT2D eigenvalue weighted by Gasteiger charge is 2.28. The molecule has 1 aliphatic rings. The number of aliphatic hydroxyl groups excluding tert-OH is 1. The number of hydrogen-bond donors (Lipinski definition) is 3. The summed E-state index contributed by atoms with van der Waals surface area (Å²) in [6, 6.07) is 17.3. The van der Waals surface area contributed by atoms with Crippen molar-refractivity contribution >= 4 is 23.2 Å². The number of rotatable bonds is 9. The van der Waals surface area contributed by atoms with Gasteiger partial charge in [-0.05, 0) is 43.1 Å². The predicted octanol–water partition coefficient (Wildman–Crippen LogP) is 2.58. The van der Waals surface area contributed by atoms with Crippen LogP contribution in [0, 0.1) is 0 Å². The number of hydrogen-bond acceptors (Lipinski definition) is 5. The topological polar surface area (TPSA) is 77.0 Å². The maximum Gasteiger partial charge on any atom is 0.253 e. The fourth-order valence-corrected chi connectivity index (χ4v) is 3.51. The Labute approximate surface area is 182 Å². The minimum Gasteiger partial charge on any atom is -0.387 e. The average molecular weight is 429 g/mol. The van der Waals surface area contributed by atoms with Gasteiger partial charge >= 0.3 is 0 Å². The van der Waals surface area contributed by atoms with Crippen LogP contribution in [0.3, 0.4) is 0 Å². The van der Waals surface area contributed by atoms with Crippen LogP contribution in [0.2, 0.25) is 0 Å². The van der Waals surface area contributed by atoms with Crippen molar-refractivity contribution in [3.8, 4) is 0 Å². The first-order chi connectivity index (χ1) is 14.5. The number of aliphatic hydroxyl groups is 1. The molecule has 2 aromatic carbocycles. The third-order valence-electron chi connectivity index (χ3n) is 5.23. The zero-order chi connectivity index (χ0) is 21.5. The SMILES string of the molecule is CC1NN=C(CN(C)C(=O)c2ccc(CCNC[C@H](O)c3ccccc3)cc2)C1Cl. The largest absolute Gasteiger partial charge is 0.387 e. The lowest BCUT2D eigenvalue weighted by atomic mass is 10.1. The number of carbonyl (C=O) groups is 1. The lowest BCUT2D eigenvalue weighted by Crippen LogP contribution is -2.36. The number of hydrazone groups is 1. The molecule has 160 valence electrons. The summed E-state index contributed by atoms with van der Waals surface area (Å²) in [6.07, 6.45) is 0.303. The molecule has 3 atom stereocenters. The first kappa shape index (κ1) is 22.3. The van der Waals surface area contributed by atoms with Gasteiger partial charge in [-0.1, -0.05) is 42.5 Å². The Morgan fingerprint density at radius 2 is 1.93 bits per heavy atom. The summed E-state index contributed by atoms with van der Waals surface area (Å²) in [5.74, 6) is -0.0585. The van der Waals surface area contributed by atoms with E-state index in [0.29, 0.717) is 18.7 Å². The summed E-state index contributed by atoms with van der Waals surface area (Å²) in [5, 5.41) is 17.5. The van der Waals surface area contributed by atoms with E-state index in [2.05, 4.69) is 15.8 Å². The predicted molar refractivity (Wildman–Crippen MR) is 121 cm³/mol. The summed E-state index contributed by atoms with van der Waals surface area (Å²) < 4.78 is 0. The highest BCUT2D eigenvalue weighted by molar-refractivity contribution is 6.33. The van der Waals surface area contributed by atoms with E-state index in [1.54, 1.807) is 11.9 Å². The van der Waals surface area contributed by atoms with Crippen LogP contribution in [0.5, 0.6) is 0 Å². The van der Waals surface area contributed by atoms with Gasteiger partial charge in [0.2, 0.25) is 0 Å². The van der Waals surface area contributed by atoms with E-state index in [9.17, 15) is 9.90 Å². The molecule has 2 aromatic rings. The first-order valence-electron chi connectivity index (χ1n) is 10.2. The highest BCUT2D eigenvalue weighted by Crippen LogP contribution is 2.14. The van der Waals surface area contributed by atoms with Crippen LogP contribution in [-0.4, -0.2) is 59.7 Å². The molecule has 3 rings (SSSR count).